The van der Waals surface area contributed by atoms with Gasteiger partial charge in [-0.25, -0.2) is 0 Å². The van der Waals surface area contributed by atoms with Crippen molar-refractivity contribution in [1.82, 2.24) is 15.0 Å². The number of anilines is 2. The van der Waals surface area contributed by atoms with Crippen molar-refractivity contribution >= 4 is 31.0 Å². The molecule has 0 saturated heterocycles. The Morgan fingerprint density at radius 2 is 1.55 bits per heavy atom. The molecular weight excluding hydrogens is 590 g/mol. The number of carbonyl (C=O) groups excluding carboxylic acids is 2. The zero-order valence-electron chi connectivity index (χ0n) is 21.7. The van der Waals surface area contributed by atoms with E-state index < -0.39 is 17.3 Å². The molecule has 0 atom stereocenters. The van der Waals surface area contributed by atoms with Crippen LogP contribution in [0.5, 0.6) is 29.0 Å². The molecule has 0 aliphatic heterocycles. The second-order valence-electron chi connectivity index (χ2n) is 7.90. The maximum absolute atomic E-state index is 13.1. The van der Waals surface area contributed by atoms with Gasteiger partial charge in [-0.15, -0.1) is 0 Å². The predicted molar refractivity (Wildman–Crippen MR) is 143 cm³/mol. The van der Waals surface area contributed by atoms with Crippen molar-refractivity contribution in [2.45, 2.75) is 6.82 Å². The molecule has 4 aromatic rings. The molecule has 40 heavy (non-hydrogen) atoms. The van der Waals surface area contributed by atoms with Crippen LogP contribution in [0.3, 0.4) is 0 Å². The standard InChI is InChI=1S/C26H20N5O6.CH3B.Y/c1-35-11-10-28-25-29-13-30-26(31-25)37-15-8-6-14(7-9-15)36-19-12-18(32)20-21(22(19)27)24(34)17-5-3-2-4-16(17)23(20)33;1-2;/h2-9,12,32H,10-11,27H2,1H3,(H,28,29,30,31);1H3;/q-1;;. The fourth-order valence-corrected chi connectivity index (χ4v) is 3.81. The maximum Gasteiger partial charge on any atom is 0.206 e. The molecule has 5 rings (SSSR count). The molecule has 0 unspecified atom stereocenters. The summed E-state index contributed by atoms with van der Waals surface area (Å²) < 4.78 is 16.4. The topological polar surface area (TPSA) is 159 Å². The van der Waals surface area contributed by atoms with Crippen LogP contribution in [0.2, 0.25) is 6.82 Å². The van der Waals surface area contributed by atoms with Crippen LogP contribution in [0.4, 0.5) is 11.6 Å². The number of rotatable bonds is 8. The van der Waals surface area contributed by atoms with Crippen molar-refractivity contribution < 1.29 is 61.6 Å². The average Bonchev–Trinajstić information content (AvgIpc) is 2.96. The molecule has 1 aliphatic rings. The van der Waals surface area contributed by atoms with E-state index in [2.05, 4.69) is 34.4 Å². The first-order valence-electron chi connectivity index (χ1n) is 11.7. The Hall–Kier alpha value is -3.86. The Morgan fingerprint density at radius 3 is 2.17 bits per heavy atom. The Morgan fingerprint density at radius 1 is 0.950 bits per heavy atom. The molecule has 0 amide bonds. The number of ether oxygens (including phenoxy) is 3. The third-order valence-corrected chi connectivity index (χ3v) is 5.53. The van der Waals surface area contributed by atoms with E-state index in [1.165, 1.54) is 19.0 Å². The van der Waals surface area contributed by atoms with E-state index in [9.17, 15) is 14.7 Å². The molecule has 199 valence electrons. The first-order valence-corrected chi connectivity index (χ1v) is 11.7. The monoisotopic (exact) mass is 613 g/mol. The zero-order valence-corrected chi connectivity index (χ0v) is 24.5. The van der Waals surface area contributed by atoms with Gasteiger partial charge >= 0.3 is 0 Å². The molecule has 0 spiro atoms. The summed E-state index contributed by atoms with van der Waals surface area (Å²) in [5, 5.41) is 13.5. The minimum Gasteiger partial charge on any atom is -0.507 e. The maximum atomic E-state index is 13.1. The Bertz CT molecular complexity index is 1520. The third-order valence-electron chi connectivity index (χ3n) is 5.53. The van der Waals surface area contributed by atoms with Gasteiger partial charge < -0.3 is 40.3 Å². The molecule has 13 heteroatoms. The predicted octanol–water partition coefficient (Wildman–Crippen LogP) is 3.58. The Kier molecular flexibility index (Phi) is 10.7. The van der Waals surface area contributed by atoms with E-state index >= 15 is 0 Å². The molecule has 0 bridgehead atoms. The Labute approximate surface area is 256 Å². The van der Waals surface area contributed by atoms with E-state index in [1.54, 1.807) is 49.6 Å². The van der Waals surface area contributed by atoms with Crippen molar-refractivity contribution in [3.8, 4) is 29.0 Å². The van der Waals surface area contributed by atoms with Crippen molar-refractivity contribution in [3.63, 3.8) is 0 Å². The van der Waals surface area contributed by atoms with Gasteiger partial charge in [-0.1, -0.05) is 31.1 Å². The number of hydrogen-bond donors (Lipinski definition) is 3. The fraction of sp³-hybridized carbons (Fsp3) is 0.148. The van der Waals surface area contributed by atoms with Crippen LogP contribution in [0.25, 0.3) is 0 Å². The van der Waals surface area contributed by atoms with Crippen LogP contribution in [-0.4, -0.2) is 59.7 Å². The molecular formula is C27H23BN5O6Y-. The van der Waals surface area contributed by atoms with Crippen LogP contribution >= 0.6 is 0 Å². The molecule has 0 saturated carbocycles. The number of nitrogen functional groups attached to an aromatic ring is 1. The number of benzene rings is 3. The molecule has 3 aromatic carbocycles. The van der Waals surface area contributed by atoms with Crippen LogP contribution in [0, 0.1) is 6.33 Å². The number of nitrogens with zero attached hydrogens (tertiary/aromatic N) is 3. The van der Waals surface area contributed by atoms with Gasteiger partial charge in [-0.3, -0.25) is 14.6 Å². The number of fused-ring (bicyclic) bond motifs is 2. The van der Waals surface area contributed by atoms with Crippen molar-refractivity contribution in [1.29, 1.82) is 0 Å². The van der Waals surface area contributed by atoms with Crippen molar-refractivity contribution in [2.24, 2.45) is 0 Å². The van der Waals surface area contributed by atoms with Gasteiger partial charge in [0.05, 0.1) is 31.3 Å². The van der Waals surface area contributed by atoms with E-state index in [1.807, 2.05) is 0 Å². The first kappa shape index (κ1) is 30.7. The van der Waals surface area contributed by atoms with E-state index in [0.29, 0.717) is 30.6 Å². The quantitative estimate of drug-likeness (QED) is 0.0773. The smallest absolute Gasteiger partial charge is 0.206 e. The normalized spacial score (nSPS) is 11.2. The average molecular weight is 613 g/mol. The summed E-state index contributed by atoms with van der Waals surface area (Å²) in [6.45, 7) is 2.49. The summed E-state index contributed by atoms with van der Waals surface area (Å²) in [6.07, 6.45) is 2.47. The summed E-state index contributed by atoms with van der Waals surface area (Å²) >= 11 is 0. The van der Waals surface area contributed by atoms with E-state index in [0.717, 1.165) is 0 Å². The molecule has 3 radical (unpaired) electrons. The minimum absolute atomic E-state index is 0. The van der Waals surface area contributed by atoms with Crippen molar-refractivity contribution in [3.05, 3.63) is 83.2 Å². The number of aromatic nitrogens is 3. The zero-order chi connectivity index (χ0) is 27.9. The molecule has 1 heterocycles. The first-order chi connectivity index (χ1) is 19.0. The summed E-state index contributed by atoms with van der Waals surface area (Å²) in [5.74, 6) is -0.254. The molecule has 4 N–H and O–H groups in total. The number of hydrogen-bond acceptors (Lipinski definition) is 11. The fourth-order valence-electron chi connectivity index (χ4n) is 3.81. The third kappa shape index (κ3) is 6.47. The molecule has 11 nitrogen and oxygen atoms in total. The van der Waals surface area contributed by atoms with Gasteiger partial charge in [0, 0.05) is 69.9 Å². The number of aromatic hydroxyl groups is 1. The summed E-state index contributed by atoms with van der Waals surface area (Å²) in [5.41, 5.74) is 6.42. The number of phenolic OH excluding ortho intramolecular Hbond substituents is 1. The largest absolute Gasteiger partial charge is 0.507 e. The SMILES string of the molecule is COCCNc1n[c-]nc(Oc2ccc(Oc3cc(O)c4c(c3N)C(=O)c3ccccc3C4=O)cc2)n1.[B]C.[Y]. The van der Waals surface area contributed by atoms with E-state index in [4.69, 9.17) is 19.9 Å². The number of nitrogens with two attached hydrogens (primary N) is 1. The van der Waals surface area contributed by atoms with Gasteiger partial charge in [0.2, 0.25) is 6.01 Å². The van der Waals surface area contributed by atoms with Crippen LogP contribution in [-0.2, 0) is 37.4 Å². The number of carbonyl (C=O) groups is 2. The molecule has 0 fully saturated rings. The van der Waals surface area contributed by atoms with Crippen LogP contribution in [0.1, 0.15) is 31.8 Å². The number of nitrogens with one attached hydrogen (secondary N) is 1. The van der Waals surface area contributed by atoms with E-state index in [-0.39, 0.29) is 72.4 Å². The summed E-state index contributed by atoms with van der Waals surface area (Å²) in [4.78, 5) is 37.9. The number of ketones is 2. The van der Waals surface area contributed by atoms with Gasteiger partial charge in [-0.05, 0) is 24.3 Å². The number of phenols is 1. The Balaban J connectivity index is 0.00000144. The molecule has 1 aromatic heterocycles. The summed E-state index contributed by atoms with van der Waals surface area (Å²) in [6, 6.07) is 14.0. The minimum atomic E-state index is -0.477. The van der Waals surface area contributed by atoms with Gasteiger partial charge in [-0.2, -0.15) is 0 Å². The van der Waals surface area contributed by atoms with Crippen LogP contribution < -0.4 is 20.5 Å². The second-order valence-corrected chi connectivity index (χ2v) is 7.90. The van der Waals surface area contributed by atoms with Gasteiger partial charge in [0.1, 0.15) is 23.2 Å². The van der Waals surface area contributed by atoms with Crippen LogP contribution in [0.15, 0.2) is 54.6 Å². The molecule has 1 aliphatic carbocycles. The summed E-state index contributed by atoms with van der Waals surface area (Å²) in [7, 11) is 6.09. The second kappa shape index (κ2) is 14.0. The van der Waals surface area contributed by atoms with Gasteiger partial charge in [0.15, 0.2) is 17.3 Å². The van der Waals surface area contributed by atoms with Crippen molar-refractivity contribution in [2.75, 3.05) is 31.3 Å². The number of methoxy groups -OCH3 is 1. The van der Waals surface area contributed by atoms with Gasteiger partial charge in [0.25, 0.3) is 0 Å².